The third kappa shape index (κ3) is 35.3. The van der Waals surface area contributed by atoms with Crippen molar-refractivity contribution in [2.24, 2.45) is 0 Å². The van der Waals surface area contributed by atoms with Gasteiger partial charge in [0, 0.05) is 12.8 Å². The molecule has 2 unspecified atom stereocenters. The van der Waals surface area contributed by atoms with Crippen molar-refractivity contribution in [3.05, 3.63) is 0 Å². The molecule has 0 aliphatic carbocycles. The molecule has 0 radical (unpaired) electrons. The minimum absolute atomic E-state index is 0.225. The van der Waals surface area contributed by atoms with Crippen molar-refractivity contribution in [3.8, 4) is 0 Å². The van der Waals surface area contributed by atoms with Crippen LogP contribution >= 0.6 is 0 Å². The molecule has 1 N–H and O–H groups in total. The Morgan fingerprint density at radius 3 is 0.880 bits per heavy atom. The fourth-order valence-corrected chi connectivity index (χ4v) is 7.06. The highest BCUT2D eigenvalue weighted by molar-refractivity contribution is 5.70. The molecule has 0 aliphatic heterocycles. The number of carbonyl (C=O) groups is 2. The van der Waals surface area contributed by atoms with Gasteiger partial charge in [-0.2, -0.15) is 0 Å². The first-order chi connectivity index (χ1) is 24.6. The van der Waals surface area contributed by atoms with Crippen LogP contribution in [0, 0.1) is 0 Å². The van der Waals surface area contributed by atoms with Crippen LogP contribution in [0.4, 0.5) is 0 Å². The summed E-state index contributed by atoms with van der Waals surface area (Å²) in [5, 5.41) is 10.1. The van der Waals surface area contributed by atoms with Crippen molar-refractivity contribution in [1.82, 2.24) is 0 Å². The van der Waals surface area contributed by atoms with Crippen LogP contribution in [-0.4, -0.2) is 35.9 Å². The average molecular weight is 709 g/mol. The van der Waals surface area contributed by atoms with E-state index in [9.17, 15) is 14.7 Å². The van der Waals surface area contributed by atoms with E-state index in [4.69, 9.17) is 9.47 Å². The number of aliphatic hydroxyl groups excluding tert-OH is 1. The van der Waals surface area contributed by atoms with E-state index in [1.54, 1.807) is 0 Å². The Labute approximate surface area is 312 Å². The molecule has 5 heteroatoms. The molecule has 50 heavy (non-hydrogen) atoms. The lowest BCUT2D eigenvalue weighted by Gasteiger charge is -2.26. The minimum atomic E-state index is -0.773. The van der Waals surface area contributed by atoms with Crippen LogP contribution in [0.25, 0.3) is 0 Å². The van der Waals surface area contributed by atoms with Gasteiger partial charge in [0.2, 0.25) is 0 Å². The first-order valence-electron chi connectivity index (χ1n) is 22.6. The number of carbonyl (C=O) groups excluding carboxylic acids is 2. The maximum absolute atomic E-state index is 12.8. The van der Waals surface area contributed by atoms with Crippen LogP contribution in [0.2, 0.25) is 0 Å². The van der Waals surface area contributed by atoms with E-state index in [0.717, 1.165) is 57.8 Å². The van der Waals surface area contributed by atoms with Gasteiger partial charge in [0.25, 0.3) is 0 Å². The molecule has 0 amide bonds. The normalized spacial score (nSPS) is 12.6. The fourth-order valence-electron chi connectivity index (χ4n) is 7.06. The molecule has 298 valence electrons. The lowest BCUT2D eigenvalue weighted by Crippen LogP contribution is -2.38. The van der Waals surface area contributed by atoms with E-state index in [2.05, 4.69) is 20.8 Å². The van der Waals surface area contributed by atoms with E-state index in [-0.39, 0.29) is 18.5 Å². The molecule has 0 aromatic carbocycles. The van der Waals surface area contributed by atoms with E-state index >= 15 is 0 Å². The Hall–Kier alpha value is -1.10. The summed E-state index contributed by atoms with van der Waals surface area (Å²) < 4.78 is 11.6. The number of unbranched alkanes of at least 4 members (excludes halogenated alkanes) is 31. The van der Waals surface area contributed by atoms with Gasteiger partial charge in [-0.05, 0) is 25.7 Å². The average Bonchev–Trinajstić information content (AvgIpc) is 3.11. The summed E-state index contributed by atoms with van der Waals surface area (Å²) in [5.41, 5.74) is 0. The van der Waals surface area contributed by atoms with E-state index < -0.39 is 12.2 Å². The number of hydrogen-bond donors (Lipinski definition) is 1. The van der Waals surface area contributed by atoms with Crippen LogP contribution < -0.4 is 0 Å². The third-order valence-electron chi connectivity index (χ3n) is 10.5. The molecule has 0 heterocycles. The molecule has 0 saturated heterocycles. The predicted octanol–water partition coefficient (Wildman–Crippen LogP) is 14.3. The summed E-state index contributed by atoms with van der Waals surface area (Å²) in [5.74, 6) is -0.507. The zero-order valence-corrected chi connectivity index (χ0v) is 34.1. The summed E-state index contributed by atoms with van der Waals surface area (Å²) in [6, 6.07) is 0. The third-order valence-corrected chi connectivity index (χ3v) is 10.5. The van der Waals surface area contributed by atoms with Crippen LogP contribution in [0.5, 0.6) is 0 Å². The SMILES string of the molecule is CCCCCCCCCCCCCCCCCC(=O)OC(CO)C(CCCCCC)OC(=O)CCCCCCCCCCCCCCCCC. The summed E-state index contributed by atoms with van der Waals surface area (Å²) in [6.45, 7) is 6.41. The maximum atomic E-state index is 12.8. The highest BCUT2D eigenvalue weighted by Gasteiger charge is 2.28. The van der Waals surface area contributed by atoms with Crippen LogP contribution in [0.15, 0.2) is 0 Å². The van der Waals surface area contributed by atoms with Gasteiger partial charge in [0.05, 0.1) is 6.61 Å². The van der Waals surface area contributed by atoms with E-state index in [0.29, 0.717) is 19.3 Å². The lowest BCUT2D eigenvalue weighted by atomic mass is 10.0. The van der Waals surface area contributed by atoms with Gasteiger partial charge in [-0.25, -0.2) is 0 Å². The molecule has 0 aromatic heterocycles. The molecule has 0 bridgehead atoms. The van der Waals surface area contributed by atoms with Crippen molar-refractivity contribution in [1.29, 1.82) is 0 Å². The smallest absolute Gasteiger partial charge is 0.306 e. The van der Waals surface area contributed by atoms with Crippen molar-refractivity contribution in [2.45, 2.75) is 271 Å². The van der Waals surface area contributed by atoms with Gasteiger partial charge >= 0.3 is 11.9 Å². The second-order valence-electron chi connectivity index (χ2n) is 15.5. The highest BCUT2D eigenvalue weighted by atomic mass is 16.6. The van der Waals surface area contributed by atoms with Crippen LogP contribution in [-0.2, 0) is 19.1 Å². The van der Waals surface area contributed by atoms with Gasteiger partial charge in [0.1, 0.15) is 6.10 Å². The number of aliphatic hydroxyl groups is 1. The van der Waals surface area contributed by atoms with Crippen LogP contribution in [0.1, 0.15) is 258 Å². The van der Waals surface area contributed by atoms with Gasteiger partial charge in [-0.15, -0.1) is 0 Å². The molecule has 2 atom stereocenters. The van der Waals surface area contributed by atoms with Crippen molar-refractivity contribution < 1.29 is 24.2 Å². The maximum Gasteiger partial charge on any atom is 0.306 e. The van der Waals surface area contributed by atoms with Gasteiger partial charge in [-0.1, -0.05) is 220 Å². The lowest BCUT2D eigenvalue weighted by molar-refractivity contribution is -0.172. The largest absolute Gasteiger partial charge is 0.458 e. The Balaban J connectivity index is 4.09. The fraction of sp³-hybridized carbons (Fsp3) is 0.956. The Bertz CT molecular complexity index is 695. The topological polar surface area (TPSA) is 72.8 Å². The first kappa shape index (κ1) is 48.9. The summed E-state index contributed by atoms with van der Waals surface area (Å²) in [4.78, 5) is 25.4. The quantitative estimate of drug-likeness (QED) is 0.0505. The monoisotopic (exact) mass is 709 g/mol. The molecular weight excluding hydrogens is 620 g/mol. The Kier molecular flexibility index (Phi) is 39.8. The molecule has 0 fully saturated rings. The molecule has 0 aliphatic rings. The number of esters is 2. The van der Waals surface area contributed by atoms with Crippen molar-refractivity contribution in [2.75, 3.05) is 6.61 Å². The molecular formula is C45H88O5. The zero-order valence-electron chi connectivity index (χ0n) is 34.1. The second-order valence-corrected chi connectivity index (χ2v) is 15.5. The summed E-state index contributed by atoms with van der Waals surface area (Å²) >= 11 is 0. The first-order valence-corrected chi connectivity index (χ1v) is 22.6. The van der Waals surface area contributed by atoms with Gasteiger partial charge in [-0.3, -0.25) is 9.59 Å². The molecule has 0 spiro atoms. The minimum Gasteiger partial charge on any atom is -0.458 e. The molecule has 0 rings (SSSR count). The summed E-state index contributed by atoms with van der Waals surface area (Å²) in [7, 11) is 0. The zero-order chi connectivity index (χ0) is 36.6. The number of hydrogen-bond acceptors (Lipinski definition) is 5. The standard InChI is InChI=1S/C45H88O5/c1-4-7-10-13-15-17-19-21-23-25-27-29-31-33-36-39-44(47)49-42(38-35-12-9-6-3)43(41-46)50-45(48)40-37-34-32-30-28-26-24-22-20-18-16-14-11-8-5-2/h42-43,46H,4-41H2,1-3H3. The van der Waals surface area contributed by atoms with E-state index in [1.807, 2.05) is 0 Å². The summed E-state index contributed by atoms with van der Waals surface area (Å²) in [6.07, 6.45) is 43.0. The molecule has 0 aromatic rings. The van der Waals surface area contributed by atoms with Crippen LogP contribution in [0.3, 0.4) is 0 Å². The van der Waals surface area contributed by atoms with Crippen molar-refractivity contribution in [3.63, 3.8) is 0 Å². The van der Waals surface area contributed by atoms with Gasteiger partial charge < -0.3 is 14.6 Å². The number of rotatable bonds is 41. The highest BCUT2D eigenvalue weighted by Crippen LogP contribution is 2.19. The Morgan fingerprint density at radius 1 is 0.360 bits per heavy atom. The second kappa shape index (κ2) is 40.7. The molecule has 5 nitrogen and oxygen atoms in total. The predicted molar refractivity (Wildman–Crippen MR) is 215 cm³/mol. The van der Waals surface area contributed by atoms with Gasteiger partial charge in [0.15, 0.2) is 6.10 Å². The van der Waals surface area contributed by atoms with E-state index in [1.165, 1.54) is 161 Å². The Morgan fingerprint density at radius 2 is 0.600 bits per heavy atom. The molecule has 0 saturated carbocycles. The number of ether oxygens (including phenoxy) is 2. The van der Waals surface area contributed by atoms with Crippen molar-refractivity contribution >= 4 is 11.9 Å².